The fraction of sp³-hybridized carbons (Fsp3) is 0.350. The van der Waals surface area contributed by atoms with Gasteiger partial charge in [-0.2, -0.15) is 0 Å². The van der Waals surface area contributed by atoms with Gasteiger partial charge in [-0.1, -0.05) is 64.6 Å². The fourth-order valence-corrected chi connectivity index (χ4v) is 4.18. The number of halogens is 5. The third kappa shape index (κ3) is 5.97. The quantitative estimate of drug-likeness (QED) is 0.569. The van der Waals surface area contributed by atoms with Crippen LogP contribution in [0.15, 0.2) is 30.3 Å². The van der Waals surface area contributed by atoms with Crippen molar-refractivity contribution in [3.63, 3.8) is 0 Å². The molecule has 0 spiro atoms. The number of nitrogens with zero attached hydrogens (tertiary/aromatic N) is 2. The standard InChI is InChI=1S/C20H20Cl4FN3O/c21-14-10-15(22)19(24)20(18(14)23)26-17(29)12-28-7-3-6-27(8-9-28)11-13-4-1-2-5-16(13)25/h1-2,4-5,10H,3,6-9,11-12H2,(H,26,29). The lowest BCUT2D eigenvalue weighted by Crippen LogP contribution is -2.36. The Morgan fingerprint density at radius 3 is 2.28 bits per heavy atom. The van der Waals surface area contributed by atoms with E-state index in [0.29, 0.717) is 18.7 Å². The number of benzene rings is 2. The van der Waals surface area contributed by atoms with Crippen molar-refractivity contribution in [2.45, 2.75) is 13.0 Å². The van der Waals surface area contributed by atoms with Gasteiger partial charge >= 0.3 is 0 Å². The first-order chi connectivity index (χ1) is 13.8. The Morgan fingerprint density at radius 1 is 0.966 bits per heavy atom. The van der Waals surface area contributed by atoms with E-state index in [9.17, 15) is 9.18 Å². The summed E-state index contributed by atoms with van der Waals surface area (Å²) in [5, 5.41) is 3.45. The van der Waals surface area contributed by atoms with Gasteiger partial charge in [0.25, 0.3) is 0 Å². The Bertz CT molecular complexity index is 870. The van der Waals surface area contributed by atoms with Gasteiger partial charge in [-0.25, -0.2) is 4.39 Å². The number of rotatable bonds is 5. The molecule has 1 aliphatic heterocycles. The highest BCUT2D eigenvalue weighted by Gasteiger charge is 2.20. The molecular formula is C20H20Cl4FN3O. The molecule has 3 rings (SSSR count). The second-order valence-electron chi connectivity index (χ2n) is 6.89. The molecule has 0 aliphatic carbocycles. The first-order valence-corrected chi connectivity index (χ1v) is 10.7. The van der Waals surface area contributed by atoms with Crippen LogP contribution >= 0.6 is 46.4 Å². The average Bonchev–Trinajstić information content (AvgIpc) is 2.90. The smallest absolute Gasteiger partial charge is 0.238 e. The van der Waals surface area contributed by atoms with Crippen molar-refractivity contribution in [2.75, 3.05) is 38.0 Å². The third-order valence-electron chi connectivity index (χ3n) is 4.78. The van der Waals surface area contributed by atoms with Gasteiger partial charge in [-0.05, 0) is 31.6 Å². The van der Waals surface area contributed by atoms with Crippen molar-refractivity contribution < 1.29 is 9.18 Å². The number of nitrogens with one attached hydrogen (secondary N) is 1. The van der Waals surface area contributed by atoms with E-state index < -0.39 is 0 Å². The maximum Gasteiger partial charge on any atom is 0.238 e. The summed E-state index contributed by atoms with van der Waals surface area (Å²) < 4.78 is 13.9. The lowest BCUT2D eigenvalue weighted by molar-refractivity contribution is -0.117. The molecule has 0 atom stereocenters. The number of hydrogen-bond donors (Lipinski definition) is 1. The second-order valence-corrected chi connectivity index (χ2v) is 8.46. The number of carbonyl (C=O) groups is 1. The highest BCUT2D eigenvalue weighted by molar-refractivity contribution is 6.50. The Labute approximate surface area is 189 Å². The van der Waals surface area contributed by atoms with E-state index in [1.807, 2.05) is 11.0 Å². The minimum Gasteiger partial charge on any atom is -0.322 e. The monoisotopic (exact) mass is 477 g/mol. The van der Waals surface area contributed by atoms with Crippen molar-refractivity contribution in [3.05, 3.63) is 61.8 Å². The summed E-state index contributed by atoms with van der Waals surface area (Å²) in [6, 6.07) is 8.23. The molecular weight excluding hydrogens is 459 g/mol. The Kier molecular flexibility index (Phi) is 8.02. The van der Waals surface area contributed by atoms with Crippen LogP contribution in [0.2, 0.25) is 20.1 Å². The van der Waals surface area contributed by atoms with Gasteiger partial charge in [-0.15, -0.1) is 0 Å². The SMILES string of the molecule is O=C(CN1CCCN(Cc2ccccc2F)CC1)Nc1c(Cl)c(Cl)cc(Cl)c1Cl. The van der Waals surface area contributed by atoms with Crippen LogP contribution in [0.1, 0.15) is 12.0 Å². The molecule has 2 aromatic rings. The van der Waals surface area contributed by atoms with E-state index >= 15 is 0 Å². The van der Waals surface area contributed by atoms with Crippen molar-refractivity contribution in [1.82, 2.24) is 9.80 Å². The highest BCUT2D eigenvalue weighted by atomic mass is 35.5. The summed E-state index contributed by atoms with van der Waals surface area (Å²) in [4.78, 5) is 16.8. The van der Waals surface area contributed by atoms with Crippen molar-refractivity contribution in [3.8, 4) is 0 Å². The lowest BCUT2D eigenvalue weighted by Gasteiger charge is -2.22. The van der Waals surface area contributed by atoms with Crippen LogP contribution in [0.3, 0.4) is 0 Å². The number of anilines is 1. The molecule has 0 aromatic heterocycles. The molecule has 1 aliphatic rings. The van der Waals surface area contributed by atoms with Gasteiger partial charge in [0.1, 0.15) is 5.82 Å². The molecule has 0 unspecified atom stereocenters. The van der Waals surface area contributed by atoms with Crippen molar-refractivity contribution >= 4 is 58.0 Å². The van der Waals surface area contributed by atoms with Gasteiger partial charge in [0.15, 0.2) is 0 Å². The molecule has 156 valence electrons. The molecule has 4 nitrogen and oxygen atoms in total. The predicted octanol–water partition coefficient (Wildman–Crippen LogP) is 5.59. The van der Waals surface area contributed by atoms with Gasteiger partial charge in [0.05, 0.1) is 32.3 Å². The Hall–Kier alpha value is -1.08. The molecule has 1 amide bonds. The molecule has 29 heavy (non-hydrogen) atoms. The van der Waals surface area contributed by atoms with Crippen LogP contribution in [-0.2, 0) is 11.3 Å². The first-order valence-electron chi connectivity index (χ1n) is 9.16. The molecule has 1 fully saturated rings. The summed E-state index contributed by atoms with van der Waals surface area (Å²) in [5.41, 5.74) is 0.896. The van der Waals surface area contributed by atoms with Crippen LogP contribution in [0.25, 0.3) is 0 Å². The van der Waals surface area contributed by atoms with Gasteiger partial charge in [0, 0.05) is 25.2 Å². The minimum atomic E-state index is -0.255. The molecule has 9 heteroatoms. The maximum absolute atomic E-state index is 13.9. The lowest BCUT2D eigenvalue weighted by atomic mass is 10.2. The molecule has 0 saturated carbocycles. The van der Waals surface area contributed by atoms with Gasteiger partial charge in [0.2, 0.25) is 5.91 Å². The van der Waals surface area contributed by atoms with Crippen LogP contribution in [0.5, 0.6) is 0 Å². The minimum absolute atomic E-state index is 0.154. The fourth-order valence-electron chi connectivity index (χ4n) is 3.27. The van der Waals surface area contributed by atoms with Gasteiger partial charge in [-0.3, -0.25) is 14.6 Å². The van der Waals surface area contributed by atoms with Crippen molar-refractivity contribution in [2.24, 2.45) is 0 Å². The number of hydrogen-bond acceptors (Lipinski definition) is 3. The summed E-state index contributed by atoms with van der Waals surface area (Å²) >= 11 is 24.3. The first kappa shape index (κ1) is 22.6. The summed E-state index contributed by atoms with van der Waals surface area (Å²) in [5.74, 6) is -0.448. The van der Waals surface area contributed by atoms with Crippen LogP contribution in [-0.4, -0.2) is 48.4 Å². The van der Waals surface area contributed by atoms with Crippen LogP contribution in [0, 0.1) is 5.82 Å². The second kappa shape index (κ2) is 10.3. The molecule has 0 bridgehead atoms. The predicted molar refractivity (Wildman–Crippen MR) is 118 cm³/mol. The van der Waals surface area contributed by atoms with E-state index in [4.69, 9.17) is 46.4 Å². The van der Waals surface area contributed by atoms with E-state index in [2.05, 4.69) is 10.2 Å². The van der Waals surface area contributed by atoms with E-state index in [1.165, 1.54) is 12.1 Å². The van der Waals surface area contributed by atoms with E-state index in [1.54, 1.807) is 12.1 Å². The van der Waals surface area contributed by atoms with E-state index in [-0.39, 0.29) is 44.0 Å². The zero-order chi connectivity index (χ0) is 21.0. The maximum atomic E-state index is 13.9. The molecule has 1 saturated heterocycles. The molecule has 2 aromatic carbocycles. The number of carbonyl (C=O) groups excluding carboxylic acids is 1. The topological polar surface area (TPSA) is 35.6 Å². The summed E-state index contributed by atoms with van der Waals surface area (Å²) in [6.07, 6.45) is 0.881. The van der Waals surface area contributed by atoms with Crippen molar-refractivity contribution in [1.29, 1.82) is 0 Å². The van der Waals surface area contributed by atoms with E-state index in [0.717, 1.165) is 26.1 Å². The number of amides is 1. The Balaban J connectivity index is 1.57. The largest absolute Gasteiger partial charge is 0.322 e. The molecule has 1 heterocycles. The Morgan fingerprint density at radius 2 is 1.59 bits per heavy atom. The molecule has 0 radical (unpaired) electrons. The van der Waals surface area contributed by atoms with Gasteiger partial charge < -0.3 is 5.32 Å². The average molecular weight is 479 g/mol. The molecule has 1 N–H and O–H groups in total. The normalized spacial score (nSPS) is 15.9. The summed E-state index contributed by atoms with van der Waals surface area (Å²) in [7, 11) is 0. The van der Waals surface area contributed by atoms with Crippen LogP contribution in [0.4, 0.5) is 10.1 Å². The van der Waals surface area contributed by atoms with Crippen LogP contribution < -0.4 is 5.32 Å². The highest BCUT2D eigenvalue weighted by Crippen LogP contribution is 2.40. The summed E-state index contributed by atoms with van der Waals surface area (Å²) in [6.45, 7) is 3.78. The zero-order valence-corrected chi connectivity index (χ0v) is 18.6. The zero-order valence-electron chi connectivity index (χ0n) is 15.5. The third-order valence-corrected chi connectivity index (χ3v) is 6.35.